The van der Waals surface area contributed by atoms with Gasteiger partial charge in [0.25, 0.3) is 0 Å². The molecule has 3 aromatic rings. The molecular formula is C20H19BrN4O3S. The first-order chi connectivity index (χ1) is 13.9. The number of halogens is 1. The summed E-state index contributed by atoms with van der Waals surface area (Å²) in [4.78, 5) is 15.9. The maximum absolute atomic E-state index is 12.3. The molecule has 1 heterocycles. The molecule has 2 aromatic carbocycles. The Hall–Kier alpha value is -2.91. The van der Waals surface area contributed by atoms with Crippen LogP contribution in [0.25, 0.3) is 0 Å². The molecule has 0 saturated heterocycles. The summed E-state index contributed by atoms with van der Waals surface area (Å²) in [5.41, 5.74) is 2.59. The predicted octanol–water partition coefficient (Wildman–Crippen LogP) is 4.11. The van der Waals surface area contributed by atoms with Gasteiger partial charge >= 0.3 is 6.03 Å². The van der Waals surface area contributed by atoms with Crippen LogP contribution in [-0.4, -0.2) is 19.4 Å². The van der Waals surface area contributed by atoms with Crippen molar-refractivity contribution in [2.75, 3.05) is 10.0 Å². The number of urea groups is 1. The molecule has 0 aliphatic heterocycles. The lowest BCUT2D eigenvalue weighted by atomic mass is 10.2. The normalized spacial score (nSPS) is 10.9. The van der Waals surface area contributed by atoms with Crippen LogP contribution in [0.1, 0.15) is 11.1 Å². The van der Waals surface area contributed by atoms with Crippen molar-refractivity contribution >= 4 is 43.4 Å². The van der Waals surface area contributed by atoms with E-state index >= 15 is 0 Å². The van der Waals surface area contributed by atoms with Gasteiger partial charge in [0, 0.05) is 34.8 Å². The zero-order valence-electron chi connectivity index (χ0n) is 15.3. The first kappa shape index (κ1) is 20.8. The first-order valence-electron chi connectivity index (χ1n) is 8.68. The second kappa shape index (κ2) is 9.53. The van der Waals surface area contributed by atoms with Crippen molar-refractivity contribution in [1.82, 2.24) is 10.3 Å². The average Bonchev–Trinajstić information content (AvgIpc) is 2.70. The second-order valence-corrected chi connectivity index (χ2v) is 8.87. The SMILES string of the molecule is O=C(NCc1ccncc1)Nc1ccc(NS(=O)(=O)Cc2ccc(Br)cc2)cc1. The molecule has 0 spiro atoms. The third kappa shape index (κ3) is 6.88. The summed E-state index contributed by atoms with van der Waals surface area (Å²) in [6.45, 7) is 0.377. The molecule has 3 rings (SSSR count). The Morgan fingerprint density at radius 2 is 1.48 bits per heavy atom. The monoisotopic (exact) mass is 474 g/mol. The molecule has 0 aliphatic carbocycles. The minimum atomic E-state index is -3.55. The Morgan fingerprint density at radius 3 is 2.14 bits per heavy atom. The number of carbonyl (C=O) groups excluding carboxylic acids is 1. The number of pyridine rings is 1. The molecule has 3 N–H and O–H groups in total. The molecule has 2 amide bonds. The fourth-order valence-electron chi connectivity index (χ4n) is 2.50. The van der Waals surface area contributed by atoms with Gasteiger partial charge in [-0.15, -0.1) is 0 Å². The van der Waals surface area contributed by atoms with Crippen molar-refractivity contribution in [3.05, 3.63) is 88.7 Å². The predicted molar refractivity (Wildman–Crippen MR) is 117 cm³/mol. The van der Waals surface area contributed by atoms with Crippen LogP contribution in [0, 0.1) is 0 Å². The van der Waals surface area contributed by atoms with E-state index in [2.05, 4.69) is 36.3 Å². The highest BCUT2D eigenvalue weighted by Crippen LogP contribution is 2.17. The smallest absolute Gasteiger partial charge is 0.319 e. The van der Waals surface area contributed by atoms with Crippen molar-refractivity contribution in [3.8, 4) is 0 Å². The molecule has 9 heteroatoms. The number of rotatable bonds is 7. The third-order valence-corrected chi connectivity index (χ3v) is 5.68. The number of anilines is 2. The van der Waals surface area contributed by atoms with E-state index in [4.69, 9.17) is 0 Å². The lowest BCUT2D eigenvalue weighted by Crippen LogP contribution is -2.28. The third-order valence-electron chi connectivity index (χ3n) is 3.89. The standard InChI is InChI=1S/C20H19BrN4O3S/c21-17-3-1-16(2-4-17)14-29(27,28)25-19-7-5-18(6-8-19)24-20(26)23-13-15-9-11-22-12-10-15/h1-12,25H,13-14H2,(H2,23,24,26). The summed E-state index contributed by atoms with van der Waals surface area (Å²) in [6, 6.07) is 16.8. The number of nitrogens with zero attached hydrogens (tertiary/aromatic N) is 1. The summed E-state index contributed by atoms with van der Waals surface area (Å²) >= 11 is 3.32. The number of nitrogens with one attached hydrogen (secondary N) is 3. The van der Waals surface area contributed by atoms with Crippen molar-refractivity contribution in [3.63, 3.8) is 0 Å². The minimum absolute atomic E-state index is 0.127. The van der Waals surface area contributed by atoms with E-state index in [0.717, 1.165) is 10.0 Å². The number of hydrogen-bond acceptors (Lipinski definition) is 4. The number of benzene rings is 2. The van der Waals surface area contributed by atoms with E-state index < -0.39 is 10.0 Å². The maximum atomic E-state index is 12.3. The van der Waals surface area contributed by atoms with Crippen molar-refractivity contribution < 1.29 is 13.2 Å². The Kier molecular flexibility index (Phi) is 6.84. The summed E-state index contributed by atoms with van der Waals surface area (Å²) in [5.74, 6) is -0.127. The number of hydrogen-bond donors (Lipinski definition) is 3. The molecule has 29 heavy (non-hydrogen) atoms. The second-order valence-electron chi connectivity index (χ2n) is 6.23. The molecule has 0 saturated carbocycles. The topological polar surface area (TPSA) is 100 Å². The molecule has 0 fully saturated rings. The van der Waals surface area contributed by atoms with Crippen LogP contribution in [0.4, 0.5) is 16.2 Å². The van der Waals surface area contributed by atoms with E-state index in [0.29, 0.717) is 23.5 Å². The number of sulfonamides is 1. The van der Waals surface area contributed by atoms with Gasteiger partial charge in [-0.1, -0.05) is 28.1 Å². The molecule has 0 radical (unpaired) electrons. The lowest BCUT2D eigenvalue weighted by Gasteiger charge is -2.10. The molecule has 1 aromatic heterocycles. The summed E-state index contributed by atoms with van der Waals surface area (Å²) in [5, 5.41) is 5.44. The van der Waals surface area contributed by atoms with Crippen LogP contribution in [0.2, 0.25) is 0 Å². The van der Waals surface area contributed by atoms with E-state index in [9.17, 15) is 13.2 Å². The van der Waals surface area contributed by atoms with Gasteiger partial charge in [-0.2, -0.15) is 0 Å². The van der Waals surface area contributed by atoms with Crippen LogP contribution < -0.4 is 15.4 Å². The van der Waals surface area contributed by atoms with Gasteiger partial charge in [-0.3, -0.25) is 9.71 Å². The van der Waals surface area contributed by atoms with Crippen LogP contribution in [0.15, 0.2) is 77.5 Å². The average molecular weight is 475 g/mol. The van der Waals surface area contributed by atoms with Crippen molar-refractivity contribution in [2.24, 2.45) is 0 Å². The Balaban J connectivity index is 1.52. The maximum Gasteiger partial charge on any atom is 0.319 e. The molecule has 0 aliphatic rings. The number of amides is 2. The summed E-state index contributed by atoms with van der Waals surface area (Å²) in [7, 11) is -3.55. The van der Waals surface area contributed by atoms with Crippen molar-refractivity contribution in [1.29, 1.82) is 0 Å². The molecule has 0 atom stereocenters. The van der Waals surface area contributed by atoms with E-state index in [-0.39, 0.29) is 11.8 Å². The van der Waals surface area contributed by atoms with Gasteiger partial charge in [-0.05, 0) is 59.7 Å². The largest absolute Gasteiger partial charge is 0.334 e. The summed E-state index contributed by atoms with van der Waals surface area (Å²) in [6.07, 6.45) is 3.32. The molecule has 150 valence electrons. The van der Waals surface area contributed by atoms with Crippen molar-refractivity contribution in [2.45, 2.75) is 12.3 Å². The van der Waals surface area contributed by atoms with Gasteiger partial charge in [0.05, 0.1) is 5.75 Å². The zero-order valence-corrected chi connectivity index (χ0v) is 17.7. The first-order valence-corrected chi connectivity index (χ1v) is 11.1. The van der Waals surface area contributed by atoms with Gasteiger partial charge in [-0.25, -0.2) is 13.2 Å². The summed E-state index contributed by atoms with van der Waals surface area (Å²) < 4.78 is 28.1. The highest BCUT2D eigenvalue weighted by molar-refractivity contribution is 9.10. The highest BCUT2D eigenvalue weighted by atomic mass is 79.9. The Bertz CT molecular complexity index is 1060. The lowest BCUT2D eigenvalue weighted by molar-refractivity contribution is 0.251. The molecule has 7 nitrogen and oxygen atoms in total. The zero-order chi connectivity index (χ0) is 20.7. The molecule has 0 bridgehead atoms. The van der Waals surface area contributed by atoms with Crippen LogP contribution in [-0.2, 0) is 22.3 Å². The molecule has 0 unspecified atom stereocenters. The van der Waals surface area contributed by atoms with Gasteiger partial charge in [0.1, 0.15) is 0 Å². The highest BCUT2D eigenvalue weighted by Gasteiger charge is 2.12. The molecular weight excluding hydrogens is 456 g/mol. The van der Waals surface area contributed by atoms with Gasteiger partial charge < -0.3 is 10.6 Å². The Labute approximate surface area is 177 Å². The van der Waals surface area contributed by atoms with E-state index in [1.807, 2.05) is 12.1 Å². The van der Waals surface area contributed by atoms with Gasteiger partial charge in [0.2, 0.25) is 10.0 Å². The minimum Gasteiger partial charge on any atom is -0.334 e. The van der Waals surface area contributed by atoms with Gasteiger partial charge in [0.15, 0.2) is 0 Å². The number of carbonyl (C=O) groups is 1. The van der Waals surface area contributed by atoms with E-state index in [1.165, 1.54) is 0 Å². The van der Waals surface area contributed by atoms with E-state index in [1.54, 1.807) is 60.9 Å². The van der Waals surface area contributed by atoms with Crippen LogP contribution in [0.5, 0.6) is 0 Å². The quantitative estimate of drug-likeness (QED) is 0.479. The fraction of sp³-hybridized carbons (Fsp3) is 0.100. The fourth-order valence-corrected chi connectivity index (χ4v) is 3.96. The Morgan fingerprint density at radius 1 is 0.862 bits per heavy atom. The number of aromatic nitrogens is 1. The van der Waals surface area contributed by atoms with Crippen LogP contribution in [0.3, 0.4) is 0 Å². The van der Waals surface area contributed by atoms with Crippen LogP contribution >= 0.6 is 15.9 Å².